The Kier molecular flexibility index (Phi) is 9.58. The van der Waals surface area contributed by atoms with Gasteiger partial charge in [0, 0.05) is 39.8 Å². The van der Waals surface area contributed by atoms with Gasteiger partial charge in [-0.3, -0.25) is 0 Å². The Balaban J connectivity index is 0. The van der Waals surface area contributed by atoms with Crippen LogP contribution in [0, 0.1) is 0 Å². The first-order valence-electron chi connectivity index (χ1n) is 1.16. The molecule has 0 aromatic carbocycles. The van der Waals surface area contributed by atoms with E-state index < -0.39 is 0 Å². The van der Waals surface area contributed by atoms with Crippen LogP contribution in [-0.2, 0) is 45.3 Å². The zero-order valence-corrected chi connectivity index (χ0v) is 7.16. The van der Waals surface area contributed by atoms with Gasteiger partial charge >= 0.3 is 0 Å². The molecule has 0 unspecified atom stereocenters. The summed E-state index contributed by atoms with van der Waals surface area (Å²) in [4.78, 5) is 3.40. The number of nitrogens with zero attached hydrogens (tertiary/aromatic N) is 1. The summed E-state index contributed by atoms with van der Waals surface area (Å²) in [6.45, 7) is 0. The smallest absolute Gasteiger partial charge is 0.0275 e. The van der Waals surface area contributed by atoms with Crippen LogP contribution in [0.2, 0.25) is 0 Å². The molecular weight excluding hydrogens is 173 g/mol. The number of amidine groups is 1. The first-order chi connectivity index (χ1) is 2.27. The van der Waals surface area contributed by atoms with Crippen LogP contribution in [0.3, 0.4) is 0 Å². The van der Waals surface area contributed by atoms with E-state index in [-0.39, 0.29) is 37.9 Å². The molecule has 0 saturated carbocycles. The molecule has 33 valence electrons. The van der Waals surface area contributed by atoms with Crippen LogP contribution >= 0.6 is 0 Å². The van der Waals surface area contributed by atoms with Crippen molar-refractivity contribution in [1.29, 1.82) is 0 Å². The molecule has 0 aromatic heterocycles. The van der Waals surface area contributed by atoms with Crippen LogP contribution in [0.4, 0.5) is 0 Å². The van der Waals surface area contributed by atoms with Crippen molar-refractivity contribution in [2.45, 2.75) is 0 Å². The maximum absolute atomic E-state index is 4.86. The molecule has 0 aromatic rings. The zero-order chi connectivity index (χ0) is 4.28. The van der Waals surface area contributed by atoms with Gasteiger partial charge in [-0.15, -0.1) is 0 Å². The summed E-state index contributed by atoms with van der Waals surface area (Å²) < 4.78 is 0. The second kappa shape index (κ2) is 5.79. The molecule has 4 heteroatoms. The second-order valence-corrected chi connectivity index (χ2v) is 0.980. The van der Waals surface area contributed by atoms with Crippen LogP contribution in [0.25, 0.3) is 0 Å². The van der Waals surface area contributed by atoms with Crippen LogP contribution in [0.5, 0.6) is 0 Å². The summed E-state index contributed by atoms with van der Waals surface area (Å²) in [5, 5.41) is 0.213. The van der Waals surface area contributed by atoms with E-state index >= 15 is 0 Å². The van der Waals surface area contributed by atoms with E-state index in [0.29, 0.717) is 0 Å². The van der Waals surface area contributed by atoms with Crippen LogP contribution in [-0.4, -0.2) is 12.2 Å². The standard InChI is InChI=1S/C2H6N2S.Y/c1-4-2(3)5;/h1H3,(H3,3,4,5);/p-1. The van der Waals surface area contributed by atoms with E-state index in [1.54, 1.807) is 7.05 Å². The van der Waals surface area contributed by atoms with Crippen molar-refractivity contribution >= 4 is 17.8 Å². The van der Waals surface area contributed by atoms with Crippen molar-refractivity contribution < 1.29 is 32.7 Å². The van der Waals surface area contributed by atoms with Crippen molar-refractivity contribution in [3.05, 3.63) is 0 Å². The summed E-state index contributed by atoms with van der Waals surface area (Å²) in [5.74, 6) is 0. The quantitative estimate of drug-likeness (QED) is 0.308. The molecule has 0 fully saturated rings. The fraction of sp³-hybridized carbons (Fsp3) is 0.500. The molecule has 0 aliphatic heterocycles. The molecule has 0 rings (SSSR count). The number of nitrogens with two attached hydrogens (primary N) is 1. The third-order valence-corrected chi connectivity index (χ3v) is 0.403. The van der Waals surface area contributed by atoms with E-state index in [0.717, 1.165) is 0 Å². The predicted molar refractivity (Wildman–Crippen MR) is 24.9 cm³/mol. The Morgan fingerprint density at radius 3 is 2.00 bits per heavy atom. The summed E-state index contributed by atoms with van der Waals surface area (Å²) in [7, 11) is 1.56. The average Bonchev–Trinajstić information content (AvgIpc) is 1.38. The van der Waals surface area contributed by atoms with Gasteiger partial charge in [0.25, 0.3) is 0 Å². The van der Waals surface area contributed by atoms with E-state index in [1.165, 1.54) is 0 Å². The third-order valence-electron chi connectivity index (χ3n) is 0.220. The molecule has 1 radical (unpaired) electrons. The van der Waals surface area contributed by atoms with Crippen LogP contribution in [0.15, 0.2) is 4.99 Å². The summed E-state index contributed by atoms with van der Waals surface area (Å²) in [5.41, 5.74) is 4.86. The average molecular weight is 178 g/mol. The van der Waals surface area contributed by atoms with Crippen molar-refractivity contribution in [3.63, 3.8) is 0 Å². The zero-order valence-electron chi connectivity index (χ0n) is 3.51. The van der Waals surface area contributed by atoms with Crippen molar-refractivity contribution in [1.82, 2.24) is 0 Å². The van der Waals surface area contributed by atoms with Gasteiger partial charge in [0.05, 0.1) is 0 Å². The molecule has 0 saturated heterocycles. The molecule has 2 nitrogen and oxygen atoms in total. The molecule has 0 aliphatic carbocycles. The number of aliphatic imine (C=N–C) groups is 1. The molecule has 0 amide bonds. The summed E-state index contributed by atoms with van der Waals surface area (Å²) in [6.07, 6.45) is 0. The van der Waals surface area contributed by atoms with Crippen molar-refractivity contribution in [2.24, 2.45) is 10.7 Å². The summed E-state index contributed by atoms with van der Waals surface area (Å²) >= 11 is 4.31. The van der Waals surface area contributed by atoms with E-state index in [9.17, 15) is 0 Å². The summed E-state index contributed by atoms with van der Waals surface area (Å²) in [6, 6.07) is 0. The van der Waals surface area contributed by atoms with Gasteiger partial charge in [0.1, 0.15) is 0 Å². The molecule has 2 N–H and O–H groups in total. The number of rotatable bonds is 0. The maximum atomic E-state index is 4.86. The minimum absolute atomic E-state index is 0. The van der Waals surface area contributed by atoms with Gasteiger partial charge < -0.3 is 23.4 Å². The first-order valence-corrected chi connectivity index (χ1v) is 1.57. The van der Waals surface area contributed by atoms with E-state index in [4.69, 9.17) is 5.73 Å². The third kappa shape index (κ3) is 8.84. The van der Waals surface area contributed by atoms with Gasteiger partial charge in [0.15, 0.2) is 0 Å². The van der Waals surface area contributed by atoms with Gasteiger partial charge in [-0.2, -0.15) is 0 Å². The first kappa shape index (κ1) is 9.92. The minimum atomic E-state index is 0. The maximum Gasteiger partial charge on any atom is 0.0275 e. The molecule has 0 atom stereocenters. The fourth-order valence-electron chi connectivity index (χ4n) is 0. The van der Waals surface area contributed by atoms with Crippen molar-refractivity contribution in [3.8, 4) is 0 Å². The Labute approximate surface area is 67.9 Å². The SMILES string of the molecule is CN=C(N)[S-].[Y]. The van der Waals surface area contributed by atoms with Crippen LogP contribution in [0.1, 0.15) is 0 Å². The molecule has 6 heavy (non-hydrogen) atoms. The second-order valence-electron chi connectivity index (χ2n) is 0.562. The molecular formula is C2H5N2SY-. The largest absolute Gasteiger partial charge is 0.743 e. The Hall–Kier alpha value is 0.794. The van der Waals surface area contributed by atoms with Crippen molar-refractivity contribution in [2.75, 3.05) is 7.05 Å². The topological polar surface area (TPSA) is 38.4 Å². The number of hydrogen-bond donors (Lipinski definition) is 1. The number of hydrogen-bond acceptors (Lipinski definition) is 2. The van der Waals surface area contributed by atoms with Crippen LogP contribution < -0.4 is 5.73 Å². The van der Waals surface area contributed by atoms with Gasteiger partial charge in [-0.25, -0.2) is 0 Å². The van der Waals surface area contributed by atoms with E-state index in [2.05, 4.69) is 17.6 Å². The Morgan fingerprint density at radius 1 is 1.83 bits per heavy atom. The van der Waals surface area contributed by atoms with Gasteiger partial charge in [0.2, 0.25) is 0 Å². The normalized spacial score (nSPS) is 9.83. The van der Waals surface area contributed by atoms with E-state index in [1.807, 2.05) is 0 Å². The monoisotopic (exact) mass is 178 g/mol. The fourth-order valence-corrected chi connectivity index (χ4v) is 0. The molecule has 0 bridgehead atoms. The molecule has 0 spiro atoms. The Bertz CT molecular complexity index is 49.5. The Morgan fingerprint density at radius 2 is 2.00 bits per heavy atom. The van der Waals surface area contributed by atoms with Gasteiger partial charge in [-0.1, -0.05) is 0 Å². The predicted octanol–water partition coefficient (Wildman–Crippen LogP) is -0.525. The molecule has 0 heterocycles. The minimum Gasteiger partial charge on any atom is -0.743 e. The molecule has 0 aliphatic rings. The van der Waals surface area contributed by atoms with Gasteiger partial charge in [-0.05, 0) is 5.17 Å².